The van der Waals surface area contributed by atoms with Crippen molar-refractivity contribution in [3.05, 3.63) is 75.3 Å². The van der Waals surface area contributed by atoms with E-state index in [0.717, 1.165) is 12.1 Å². The zero-order valence-corrected chi connectivity index (χ0v) is 12.6. The number of halogens is 3. The fourth-order valence-corrected chi connectivity index (χ4v) is 2.16. The van der Waals surface area contributed by atoms with Gasteiger partial charge in [0.25, 0.3) is 11.6 Å². The summed E-state index contributed by atoms with van der Waals surface area (Å²) in [6, 6.07) is 9.91. The van der Waals surface area contributed by atoms with E-state index in [1.807, 2.05) is 0 Å². The first kappa shape index (κ1) is 17.5. The van der Waals surface area contributed by atoms with E-state index >= 15 is 0 Å². The van der Waals surface area contributed by atoms with E-state index in [1.165, 1.54) is 48.3 Å². The van der Waals surface area contributed by atoms with Crippen LogP contribution < -0.4 is 0 Å². The average Bonchev–Trinajstić information content (AvgIpc) is 2.53. The maximum atomic E-state index is 12.5. The first-order valence-electron chi connectivity index (χ1n) is 6.85. The second kappa shape index (κ2) is 6.69. The third-order valence-corrected chi connectivity index (χ3v) is 3.38. The van der Waals surface area contributed by atoms with Gasteiger partial charge in [-0.3, -0.25) is 14.9 Å². The number of rotatable bonds is 4. The van der Waals surface area contributed by atoms with Crippen LogP contribution in [0.25, 0.3) is 0 Å². The zero-order chi connectivity index (χ0) is 17.9. The monoisotopic (exact) mass is 338 g/mol. The Morgan fingerprint density at radius 1 is 1.12 bits per heavy atom. The highest BCUT2D eigenvalue weighted by atomic mass is 19.4. The second-order valence-electron chi connectivity index (χ2n) is 5.13. The minimum atomic E-state index is -4.43. The summed E-state index contributed by atoms with van der Waals surface area (Å²) in [5.41, 5.74) is -0.685. The van der Waals surface area contributed by atoms with Gasteiger partial charge in [0.15, 0.2) is 0 Å². The van der Waals surface area contributed by atoms with Gasteiger partial charge in [-0.25, -0.2) is 0 Å². The van der Waals surface area contributed by atoms with Gasteiger partial charge in [0.2, 0.25) is 0 Å². The van der Waals surface area contributed by atoms with E-state index in [4.69, 9.17) is 0 Å². The molecule has 0 fully saturated rings. The van der Waals surface area contributed by atoms with Crippen LogP contribution in [0.15, 0.2) is 48.5 Å². The van der Waals surface area contributed by atoms with E-state index in [0.29, 0.717) is 5.56 Å². The fourth-order valence-electron chi connectivity index (χ4n) is 2.16. The molecule has 0 spiro atoms. The van der Waals surface area contributed by atoms with Crippen LogP contribution in [0.4, 0.5) is 18.9 Å². The Hall–Kier alpha value is -2.90. The van der Waals surface area contributed by atoms with Crippen molar-refractivity contribution in [3.8, 4) is 0 Å². The summed E-state index contributed by atoms with van der Waals surface area (Å²) in [6.45, 7) is 0.0308. The number of carbonyl (C=O) groups is 1. The summed E-state index contributed by atoms with van der Waals surface area (Å²) in [7, 11) is 1.43. The highest BCUT2D eigenvalue weighted by Crippen LogP contribution is 2.29. The molecule has 2 aromatic rings. The summed E-state index contributed by atoms with van der Waals surface area (Å²) >= 11 is 0. The van der Waals surface area contributed by atoms with Gasteiger partial charge in [-0.05, 0) is 23.8 Å². The van der Waals surface area contributed by atoms with E-state index in [-0.39, 0.29) is 17.8 Å². The summed E-state index contributed by atoms with van der Waals surface area (Å²) < 4.78 is 37.6. The number of alkyl halides is 3. The molecule has 0 aliphatic carbocycles. The molecule has 2 aromatic carbocycles. The summed E-state index contributed by atoms with van der Waals surface area (Å²) in [6.07, 6.45) is -4.43. The Morgan fingerprint density at radius 3 is 2.25 bits per heavy atom. The quantitative estimate of drug-likeness (QED) is 0.628. The summed E-state index contributed by atoms with van der Waals surface area (Å²) in [5.74, 6) is -0.581. The molecule has 2 rings (SSSR count). The Bertz CT molecular complexity index is 758. The molecular formula is C16H13F3N2O3. The van der Waals surface area contributed by atoms with Crippen molar-refractivity contribution < 1.29 is 22.9 Å². The molecule has 5 nitrogen and oxygen atoms in total. The molecule has 0 N–H and O–H groups in total. The fraction of sp³-hybridized carbons (Fsp3) is 0.188. The van der Waals surface area contributed by atoms with E-state index < -0.39 is 22.6 Å². The van der Waals surface area contributed by atoms with E-state index in [2.05, 4.69) is 0 Å². The standard InChI is InChI=1S/C16H13F3N2O3/c1-20(10-11-6-8-12(9-7-11)16(17,18)19)15(22)13-4-2-3-5-14(13)21(23)24/h2-9H,10H2,1H3. The molecule has 0 heterocycles. The predicted molar refractivity (Wildman–Crippen MR) is 80.3 cm³/mol. The average molecular weight is 338 g/mol. The van der Waals surface area contributed by atoms with Crippen molar-refractivity contribution in [1.29, 1.82) is 0 Å². The smallest absolute Gasteiger partial charge is 0.337 e. The second-order valence-corrected chi connectivity index (χ2v) is 5.13. The van der Waals surface area contributed by atoms with Crippen LogP contribution in [0.2, 0.25) is 0 Å². The van der Waals surface area contributed by atoms with Crippen molar-refractivity contribution in [2.24, 2.45) is 0 Å². The number of para-hydroxylation sites is 1. The first-order valence-corrected chi connectivity index (χ1v) is 6.85. The molecule has 0 aliphatic rings. The highest BCUT2D eigenvalue weighted by Gasteiger charge is 2.30. The van der Waals surface area contributed by atoms with Crippen LogP contribution in [0, 0.1) is 10.1 Å². The number of benzene rings is 2. The van der Waals surface area contributed by atoms with Crippen molar-refractivity contribution in [3.63, 3.8) is 0 Å². The number of hydrogen-bond donors (Lipinski definition) is 0. The first-order chi connectivity index (χ1) is 11.2. The minimum absolute atomic E-state index is 0.0308. The molecule has 0 aromatic heterocycles. The van der Waals surface area contributed by atoms with Crippen LogP contribution in [0.3, 0.4) is 0 Å². The van der Waals surface area contributed by atoms with Gasteiger partial charge in [-0.1, -0.05) is 24.3 Å². The van der Waals surface area contributed by atoms with Crippen molar-refractivity contribution in [2.45, 2.75) is 12.7 Å². The van der Waals surface area contributed by atoms with Crippen molar-refractivity contribution >= 4 is 11.6 Å². The molecule has 1 amide bonds. The summed E-state index contributed by atoms with van der Waals surface area (Å²) in [5, 5.41) is 11.0. The number of nitrogens with zero attached hydrogens (tertiary/aromatic N) is 2. The van der Waals surface area contributed by atoms with Crippen LogP contribution in [0.1, 0.15) is 21.5 Å². The lowest BCUT2D eigenvalue weighted by Gasteiger charge is -2.17. The summed E-state index contributed by atoms with van der Waals surface area (Å²) in [4.78, 5) is 23.9. The number of nitro groups is 1. The van der Waals surface area contributed by atoms with Gasteiger partial charge in [-0.2, -0.15) is 13.2 Å². The molecule has 0 atom stereocenters. The molecule has 24 heavy (non-hydrogen) atoms. The number of amides is 1. The Morgan fingerprint density at radius 2 is 1.71 bits per heavy atom. The van der Waals surface area contributed by atoms with Crippen LogP contribution in [-0.4, -0.2) is 22.8 Å². The molecule has 0 radical (unpaired) electrons. The lowest BCUT2D eigenvalue weighted by Crippen LogP contribution is -2.26. The van der Waals surface area contributed by atoms with Gasteiger partial charge < -0.3 is 4.90 Å². The Balaban J connectivity index is 2.17. The largest absolute Gasteiger partial charge is 0.416 e. The Labute approximate surface area is 135 Å². The Kier molecular flexibility index (Phi) is 4.87. The van der Waals surface area contributed by atoms with Crippen molar-refractivity contribution in [1.82, 2.24) is 4.90 Å². The number of carbonyl (C=O) groups excluding carboxylic acids is 1. The molecule has 126 valence electrons. The van der Waals surface area contributed by atoms with E-state index in [1.54, 1.807) is 0 Å². The number of hydrogen-bond acceptors (Lipinski definition) is 3. The molecule has 0 bridgehead atoms. The SMILES string of the molecule is CN(Cc1ccc(C(F)(F)F)cc1)C(=O)c1ccccc1[N+](=O)[O-]. The van der Waals surface area contributed by atoms with Gasteiger partial charge in [0.05, 0.1) is 10.5 Å². The normalized spacial score (nSPS) is 11.2. The van der Waals surface area contributed by atoms with Crippen LogP contribution in [-0.2, 0) is 12.7 Å². The topological polar surface area (TPSA) is 63.5 Å². The third-order valence-electron chi connectivity index (χ3n) is 3.38. The zero-order valence-electron chi connectivity index (χ0n) is 12.6. The maximum absolute atomic E-state index is 12.5. The third kappa shape index (κ3) is 3.89. The highest BCUT2D eigenvalue weighted by molar-refractivity contribution is 5.97. The predicted octanol–water partition coefficient (Wildman–Crippen LogP) is 3.89. The van der Waals surface area contributed by atoms with Crippen LogP contribution in [0.5, 0.6) is 0 Å². The molecular weight excluding hydrogens is 325 g/mol. The molecule has 8 heteroatoms. The lowest BCUT2D eigenvalue weighted by molar-refractivity contribution is -0.385. The van der Waals surface area contributed by atoms with Crippen molar-refractivity contribution in [2.75, 3.05) is 7.05 Å². The van der Waals surface area contributed by atoms with Crippen LogP contribution >= 0.6 is 0 Å². The molecule has 0 aliphatic heterocycles. The van der Waals surface area contributed by atoms with Gasteiger partial charge in [0, 0.05) is 19.7 Å². The lowest BCUT2D eigenvalue weighted by atomic mass is 10.1. The van der Waals surface area contributed by atoms with Gasteiger partial charge >= 0.3 is 6.18 Å². The molecule has 0 unspecified atom stereocenters. The number of nitro benzene ring substituents is 1. The van der Waals surface area contributed by atoms with E-state index in [9.17, 15) is 28.1 Å². The van der Waals surface area contributed by atoms with Gasteiger partial charge in [0.1, 0.15) is 5.56 Å². The molecule has 0 saturated carbocycles. The minimum Gasteiger partial charge on any atom is -0.337 e. The van der Waals surface area contributed by atoms with Gasteiger partial charge in [-0.15, -0.1) is 0 Å². The maximum Gasteiger partial charge on any atom is 0.416 e. The molecule has 0 saturated heterocycles.